The minimum atomic E-state index is -0.0366. The van der Waals surface area contributed by atoms with Crippen molar-refractivity contribution in [3.05, 3.63) is 30.1 Å². The first-order valence-corrected chi connectivity index (χ1v) is 8.71. The smallest absolute Gasteiger partial charge is 0.241 e. The topological polar surface area (TPSA) is 60.5 Å². The number of hydrazine groups is 1. The van der Waals surface area contributed by atoms with Gasteiger partial charge in [0.05, 0.1) is 0 Å². The predicted molar refractivity (Wildman–Crippen MR) is 87.3 cm³/mol. The van der Waals surface area contributed by atoms with Gasteiger partial charge in [0, 0.05) is 51.2 Å². The third-order valence-electron chi connectivity index (χ3n) is 5.23. The first kappa shape index (κ1) is 15.1. The van der Waals surface area contributed by atoms with Gasteiger partial charge in [-0.2, -0.15) is 0 Å². The molecule has 2 atom stereocenters. The quantitative estimate of drug-likeness (QED) is 0.841. The summed E-state index contributed by atoms with van der Waals surface area (Å²) in [6, 6.07) is 4.54. The molecular formula is C17H25N5O. The monoisotopic (exact) mass is 315 g/mol. The summed E-state index contributed by atoms with van der Waals surface area (Å²) in [4.78, 5) is 21.2. The molecule has 2 N–H and O–H groups in total. The number of amides is 1. The van der Waals surface area contributed by atoms with Crippen molar-refractivity contribution in [1.29, 1.82) is 0 Å². The molecule has 1 amide bonds. The Bertz CT molecular complexity index is 539. The summed E-state index contributed by atoms with van der Waals surface area (Å²) in [7, 11) is 0. The van der Waals surface area contributed by atoms with Crippen LogP contribution in [0.2, 0.25) is 0 Å². The van der Waals surface area contributed by atoms with E-state index in [9.17, 15) is 4.79 Å². The van der Waals surface area contributed by atoms with E-state index in [0.29, 0.717) is 6.04 Å². The zero-order chi connectivity index (χ0) is 15.6. The van der Waals surface area contributed by atoms with E-state index in [1.165, 1.54) is 18.4 Å². The maximum atomic E-state index is 12.6. The van der Waals surface area contributed by atoms with Crippen LogP contribution in [0.25, 0.3) is 0 Å². The van der Waals surface area contributed by atoms with Crippen LogP contribution in [0.4, 0.5) is 0 Å². The second-order valence-corrected chi connectivity index (χ2v) is 6.98. The van der Waals surface area contributed by atoms with E-state index in [1.54, 1.807) is 6.20 Å². The van der Waals surface area contributed by atoms with Crippen molar-refractivity contribution in [3.63, 3.8) is 0 Å². The summed E-state index contributed by atoms with van der Waals surface area (Å²) >= 11 is 0. The molecule has 0 radical (unpaired) electrons. The molecule has 1 aromatic heterocycles. The van der Waals surface area contributed by atoms with Gasteiger partial charge in [0.15, 0.2) is 0 Å². The first-order valence-electron chi connectivity index (χ1n) is 8.71. The van der Waals surface area contributed by atoms with Crippen molar-refractivity contribution in [2.75, 3.05) is 26.2 Å². The fourth-order valence-electron chi connectivity index (χ4n) is 3.65. The number of hydrogen-bond acceptors (Lipinski definition) is 5. The highest BCUT2D eigenvalue weighted by Gasteiger charge is 2.40. The lowest BCUT2D eigenvalue weighted by Crippen LogP contribution is -2.53. The second kappa shape index (κ2) is 6.55. The zero-order valence-corrected chi connectivity index (χ0v) is 13.4. The molecule has 6 heteroatoms. The first-order chi connectivity index (χ1) is 11.3. The van der Waals surface area contributed by atoms with Crippen molar-refractivity contribution >= 4 is 5.91 Å². The Morgan fingerprint density at radius 3 is 2.74 bits per heavy atom. The zero-order valence-electron chi connectivity index (χ0n) is 13.4. The van der Waals surface area contributed by atoms with E-state index in [-0.39, 0.29) is 11.9 Å². The minimum absolute atomic E-state index is 0.0366. The number of piperazine rings is 1. The standard InChI is InChI=1S/C17H25N5O/c23-17(16-10-15(19-20-16)14-3-4-14)22-8-6-21(7-9-22)12-13-2-1-5-18-11-13/h1-2,5,11,14-16,19-20H,3-4,6-10,12H2. The average Bonchev–Trinajstić information content (AvgIpc) is 3.33. The number of nitrogens with zero attached hydrogens (tertiary/aromatic N) is 3. The van der Waals surface area contributed by atoms with Crippen molar-refractivity contribution < 1.29 is 4.79 Å². The molecule has 2 unspecified atom stereocenters. The van der Waals surface area contributed by atoms with Crippen LogP contribution in [-0.4, -0.2) is 59.0 Å². The SMILES string of the molecule is O=C(C1CC(C2CC2)NN1)N1CCN(Cc2cccnc2)CC1. The van der Waals surface area contributed by atoms with E-state index in [2.05, 4.69) is 26.8 Å². The maximum Gasteiger partial charge on any atom is 0.241 e. The molecular weight excluding hydrogens is 290 g/mol. The molecule has 124 valence electrons. The molecule has 0 spiro atoms. The summed E-state index contributed by atoms with van der Waals surface area (Å²) in [5.74, 6) is 1.05. The van der Waals surface area contributed by atoms with Crippen LogP contribution >= 0.6 is 0 Å². The molecule has 0 aromatic carbocycles. The van der Waals surface area contributed by atoms with Crippen LogP contribution in [0.1, 0.15) is 24.8 Å². The number of nitrogens with one attached hydrogen (secondary N) is 2. The molecule has 3 aliphatic rings. The number of hydrogen-bond donors (Lipinski definition) is 2. The lowest BCUT2D eigenvalue weighted by Gasteiger charge is -2.35. The summed E-state index contributed by atoms with van der Waals surface area (Å²) < 4.78 is 0. The lowest BCUT2D eigenvalue weighted by atomic mass is 10.1. The number of carbonyl (C=O) groups excluding carboxylic acids is 1. The lowest BCUT2D eigenvalue weighted by molar-refractivity contribution is -0.135. The predicted octanol–water partition coefficient (Wildman–Crippen LogP) is 0.371. The average molecular weight is 315 g/mol. The van der Waals surface area contributed by atoms with Crippen LogP contribution in [0.3, 0.4) is 0 Å². The second-order valence-electron chi connectivity index (χ2n) is 6.98. The highest BCUT2D eigenvalue weighted by atomic mass is 16.2. The number of aromatic nitrogens is 1. The van der Waals surface area contributed by atoms with Crippen LogP contribution in [-0.2, 0) is 11.3 Å². The summed E-state index contributed by atoms with van der Waals surface area (Å²) in [5.41, 5.74) is 7.77. The number of carbonyl (C=O) groups is 1. The Morgan fingerprint density at radius 2 is 2.04 bits per heavy atom. The molecule has 0 bridgehead atoms. The fourth-order valence-corrected chi connectivity index (χ4v) is 3.65. The largest absolute Gasteiger partial charge is 0.339 e. The molecule has 6 nitrogen and oxygen atoms in total. The van der Waals surface area contributed by atoms with Gasteiger partial charge in [-0.25, -0.2) is 5.43 Å². The third kappa shape index (κ3) is 3.54. The van der Waals surface area contributed by atoms with Crippen LogP contribution in [0, 0.1) is 5.92 Å². The van der Waals surface area contributed by atoms with Crippen molar-refractivity contribution in [1.82, 2.24) is 25.6 Å². The van der Waals surface area contributed by atoms with Gasteiger partial charge in [-0.15, -0.1) is 0 Å². The summed E-state index contributed by atoms with van der Waals surface area (Å²) in [6.45, 7) is 4.44. The molecule has 1 aromatic rings. The van der Waals surface area contributed by atoms with Crippen LogP contribution < -0.4 is 10.9 Å². The normalized spacial score (nSPS) is 29.0. The van der Waals surface area contributed by atoms with Gasteiger partial charge in [0.2, 0.25) is 5.91 Å². The van der Waals surface area contributed by atoms with Gasteiger partial charge >= 0.3 is 0 Å². The van der Waals surface area contributed by atoms with Gasteiger partial charge in [-0.3, -0.25) is 20.1 Å². The third-order valence-corrected chi connectivity index (χ3v) is 5.23. The summed E-state index contributed by atoms with van der Waals surface area (Å²) in [5, 5.41) is 0. The van der Waals surface area contributed by atoms with Gasteiger partial charge < -0.3 is 4.90 Å². The fraction of sp³-hybridized carbons (Fsp3) is 0.647. The van der Waals surface area contributed by atoms with Crippen LogP contribution in [0.15, 0.2) is 24.5 Å². The van der Waals surface area contributed by atoms with E-state index < -0.39 is 0 Å². The molecule has 3 heterocycles. The van der Waals surface area contributed by atoms with Crippen LogP contribution in [0.5, 0.6) is 0 Å². The molecule has 1 saturated carbocycles. The Hall–Kier alpha value is -1.50. The molecule has 1 aliphatic carbocycles. The number of rotatable bonds is 4. The maximum absolute atomic E-state index is 12.6. The minimum Gasteiger partial charge on any atom is -0.339 e. The van der Waals surface area contributed by atoms with Crippen molar-refractivity contribution in [3.8, 4) is 0 Å². The molecule has 3 fully saturated rings. The Labute approximate surface area is 137 Å². The summed E-state index contributed by atoms with van der Waals surface area (Å²) in [6.07, 6.45) is 7.29. The molecule has 4 rings (SSSR count). The highest BCUT2D eigenvalue weighted by Crippen LogP contribution is 2.35. The van der Waals surface area contributed by atoms with Gasteiger partial charge in [0.1, 0.15) is 6.04 Å². The van der Waals surface area contributed by atoms with E-state index in [4.69, 9.17) is 0 Å². The molecule has 2 aliphatic heterocycles. The Morgan fingerprint density at radius 1 is 1.22 bits per heavy atom. The Balaban J connectivity index is 1.25. The van der Waals surface area contributed by atoms with Crippen molar-refractivity contribution in [2.45, 2.75) is 37.9 Å². The molecule has 2 saturated heterocycles. The highest BCUT2D eigenvalue weighted by molar-refractivity contribution is 5.82. The van der Waals surface area contributed by atoms with E-state index >= 15 is 0 Å². The van der Waals surface area contributed by atoms with E-state index in [1.807, 2.05) is 17.2 Å². The van der Waals surface area contributed by atoms with Gasteiger partial charge in [0.25, 0.3) is 0 Å². The number of pyridine rings is 1. The van der Waals surface area contributed by atoms with Gasteiger partial charge in [-0.1, -0.05) is 6.07 Å². The van der Waals surface area contributed by atoms with Gasteiger partial charge in [-0.05, 0) is 36.8 Å². The Kier molecular flexibility index (Phi) is 4.29. The molecule has 23 heavy (non-hydrogen) atoms. The van der Waals surface area contributed by atoms with Crippen molar-refractivity contribution in [2.24, 2.45) is 5.92 Å². The van der Waals surface area contributed by atoms with E-state index in [0.717, 1.165) is 45.1 Å².